The van der Waals surface area contributed by atoms with Crippen molar-refractivity contribution >= 4 is 0 Å². The zero-order valence-corrected chi connectivity index (χ0v) is 47.7. The molecule has 0 amide bonds. The third-order valence-electron chi connectivity index (χ3n) is 16.8. The van der Waals surface area contributed by atoms with Gasteiger partial charge in [0.2, 0.25) is 5.54 Å². The monoisotopic (exact) mass is 959 g/mol. The fourth-order valence-electron chi connectivity index (χ4n) is 8.67. The lowest BCUT2D eigenvalue weighted by molar-refractivity contribution is 0.106. The Bertz CT molecular complexity index is 1310. The van der Waals surface area contributed by atoms with Crippen LogP contribution < -0.4 is 11.5 Å². The summed E-state index contributed by atoms with van der Waals surface area (Å²) in [4.78, 5) is 3.63. The van der Waals surface area contributed by atoms with Crippen LogP contribution in [-0.2, 0) is 0 Å². The molecule has 0 radical (unpaired) electrons. The second kappa shape index (κ2) is 31.3. The summed E-state index contributed by atoms with van der Waals surface area (Å²) in [5, 5.41) is 17.2. The molecule has 5 nitrogen and oxygen atoms in total. The molecule has 10 saturated carbocycles. The van der Waals surface area contributed by atoms with Gasteiger partial charge in [0.05, 0.1) is 12.2 Å². The number of aliphatic hydroxyl groups is 1. The quantitative estimate of drug-likeness (QED) is 0.211. The van der Waals surface area contributed by atoms with Crippen LogP contribution in [0, 0.1) is 70.2 Å². The first kappa shape index (κ1) is 64.7. The molecule has 0 aromatic carbocycles. The zero-order valence-electron chi connectivity index (χ0n) is 47.7. The van der Waals surface area contributed by atoms with Crippen molar-refractivity contribution < 1.29 is 13.9 Å². The van der Waals surface area contributed by atoms with Crippen molar-refractivity contribution in [3.63, 3.8) is 0 Å². The molecular formula is C61H116F2N4O. The Labute approximate surface area is 422 Å². The standard InChI is InChI=1S/C8H15F.C8H13N.C8H16.C7H15N.C7H14O.C5H7N.2C5H10.C4H7F.C4H9N/c1-7-3-5-8(2,9)6-4-7;1-8(9-2)6-4-3-5-7-8;1-8(2)6-4-3-5-7-8;1-6-4-2-3-5-7(6)8;1-6-3-2-4-7(8)5-6;1-4-2-5(4)3-6;1-5(2)3-4-5;1-4-3-5(4)2;2*1-4(5)2-3-4/h7H,3-6H2,1-2H3;3-7H2,1H3;3-7H2,1-2H3;6-7H,2-5,8H2,1H3;6-8H,2-5H2,1H3;4-5H,2H2,1H3;3-4H2,1-2H3;4-5H,3H2,1-2H3;2-3H2,1H3;2-3,5H2,1H3/t;;;2*6-,7?;;;;;/m...11...../s1. The molecule has 5 N–H and O–H groups in total. The van der Waals surface area contributed by atoms with Gasteiger partial charge in [-0.15, -0.1) is 0 Å². The molecule has 400 valence electrons. The van der Waals surface area contributed by atoms with E-state index in [4.69, 9.17) is 28.4 Å². The first-order valence-electron chi connectivity index (χ1n) is 28.8. The van der Waals surface area contributed by atoms with Crippen LogP contribution in [0.2, 0.25) is 0 Å². The van der Waals surface area contributed by atoms with Gasteiger partial charge in [-0.05, 0) is 196 Å². The molecule has 0 saturated heterocycles. The maximum atomic E-state index is 13.0. The van der Waals surface area contributed by atoms with E-state index in [9.17, 15) is 8.78 Å². The number of hydrogen-bond donors (Lipinski definition) is 3. The van der Waals surface area contributed by atoms with Crippen molar-refractivity contribution in [3.05, 3.63) is 11.4 Å². The van der Waals surface area contributed by atoms with Gasteiger partial charge >= 0.3 is 0 Å². The van der Waals surface area contributed by atoms with Gasteiger partial charge in [-0.2, -0.15) is 5.26 Å². The lowest BCUT2D eigenvalue weighted by Gasteiger charge is -2.28. The van der Waals surface area contributed by atoms with Crippen LogP contribution in [0.3, 0.4) is 0 Å². The Morgan fingerprint density at radius 3 is 1.10 bits per heavy atom. The summed E-state index contributed by atoms with van der Waals surface area (Å²) in [7, 11) is 0. The maximum absolute atomic E-state index is 13.0. The molecule has 10 aliphatic rings. The summed E-state index contributed by atoms with van der Waals surface area (Å²) in [6.45, 7) is 37.2. The Morgan fingerprint density at radius 2 is 0.912 bits per heavy atom. The Hall–Kier alpha value is -1.28. The highest BCUT2D eigenvalue weighted by molar-refractivity contribution is 4.99. The summed E-state index contributed by atoms with van der Waals surface area (Å²) >= 11 is 0. The van der Waals surface area contributed by atoms with Gasteiger partial charge in [0.1, 0.15) is 11.3 Å². The van der Waals surface area contributed by atoms with Gasteiger partial charge in [-0.25, -0.2) is 15.4 Å². The molecule has 7 heteroatoms. The molecule has 0 aliphatic heterocycles. The van der Waals surface area contributed by atoms with E-state index in [-0.39, 0.29) is 17.2 Å². The number of alkyl halides is 2. The van der Waals surface area contributed by atoms with Gasteiger partial charge in [0.15, 0.2) is 0 Å². The number of nitrogens with two attached hydrogens (primary N) is 2. The van der Waals surface area contributed by atoms with E-state index in [2.05, 4.69) is 94.0 Å². The third kappa shape index (κ3) is 37.5. The van der Waals surface area contributed by atoms with E-state index < -0.39 is 11.3 Å². The van der Waals surface area contributed by atoms with E-state index in [0.29, 0.717) is 23.3 Å². The number of hydrogen-bond acceptors (Lipinski definition) is 4. The fraction of sp³-hybridized carbons (Fsp3) is 0.967. The van der Waals surface area contributed by atoms with Gasteiger partial charge in [-0.1, -0.05) is 121 Å². The number of nitrogens with zero attached hydrogens (tertiary/aromatic N) is 2. The second-order valence-corrected chi connectivity index (χ2v) is 27.2. The minimum Gasteiger partial charge on any atom is -0.393 e. The van der Waals surface area contributed by atoms with Crippen molar-refractivity contribution in [3.8, 4) is 6.07 Å². The van der Waals surface area contributed by atoms with E-state index in [1.807, 2.05) is 0 Å². The van der Waals surface area contributed by atoms with Crippen LogP contribution in [0.4, 0.5) is 8.78 Å². The third-order valence-corrected chi connectivity index (χ3v) is 16.8. The predicted octanol–water partition coefficient (Wildman–Crippen LogP) is 18.3. The second-order valence-electron chi connectivity index (χ2n) is 27.2. The normalized spacial score (nSPS) is 35.8. The molecule has 0 spiro atoms. The molecule has 0 aromatic rings. The van der Waals surface area contributed by atoms with Crippen molar-refractivity contribution in [2.24, 2.45) is 63.7 Å². The molecule has 10 aliphatic carbocycles. The van der Waals surface area contributed by atoms with Crippen LogP contribution in [0.15, 0.2) is 0 Å². The van der Waals surface area contributed by atoms with Crippen molar-refractivity contribution in [1.29, 1.82) is 5.26 Å². The van der Waals surface area contributed by atoms with E-state index in [0.717, 1.165) is 106 Å². The van der Waals surface area contributed by atoms with Crippen molar-refractivity contribution in [1.82, 2.24) is 0 Å². The number of aliphatic hydroxyl groups excluding tert-OH is 1. The Morgan fingerprint density at radius 1 is 0.500 bits per heavy atom. The lowest BCUT2D eigenvalue weighted by atomic mass is 9.78. The van der Waals surface area contributed by atoms with Crippen molar-refractivity contribution in [2.75, 3.05) is 0 Å². The highest BCUT2D eigenvalue weighted by Gasteiger charge is 2.37. The lowest BCUT2D eigenvalue weighted by Crippen LogP contribution is -2.30. The van der Waals surface area contributed by atoms with E-state index >= 15 is 0 Å². The minimum absolute atomic E-state index is 0.0122. The molecule has 0 bridgehead atoms. The topological polar surface area (TPSA) is 100 Å². The first-order valence-corrected chi connectivity index (χ1v) is 28.8. The molecule has 10 fully saturated rings. The molecule has 8 atom stereocenters. The average Bonchev–Trinajstić information content (AvgIpc) is 4.04. The first-order chi connectivity index (χ1) is 31.4. The average molecular weight is 960 g/mol. The number of halogens is 2. The smallest absolute Gasteiger partial charge is 0.229 e. The van der Waals surface area contributed by atoms with Crippen LogP contribution in [0.5, 0.6) is 0 Å². The molecule has 10 rings (SSSR count). The van der Waals surface area contributed by atoms with Crippen molar-refractivity contribution in [2.45, 2.75) is 324 Å². The summed E-state index contributed by atoms with van der Waals surface area (Å²) in [6.07, 6.45) is 36.6. The van der Waals surface area contributed by atoms with Crippen LogP contribution >= 0.6 is 0 Å². The molecule has 6 unspecified atom stereocenters. The summed E-state index contributed by atoms with van der Waals surface area (Å²) < 4.78 is 24.8. The summed E-state index contributed by atoms with van der Waals surface area (Å²) in [6, 6.07) is 2.69. The van der Waals surface area contributed by atoms with Crippen LogP contribution in [-0.4, -0.2) is 39.7 Å². The molecule has 0 aromatic heterocycles. The highest BCUT2D eigenvalue weighted by atomic mass is 19.1. The zero-order chi connectivity index (χ0) is 51.8. The van der Waals surface area contributed by atoms with E-state index in [1.165, 1.54) is 122 Å². The van der Waals surface area contributed by atoms with Gasteiger partial charge < -0.3 is 21.4 Å². The van der Waals surface area contributed by atoms with Gasteiger partial charge in [-0.3, -0.25) is 0 Å². The minimum atomic E-state index is -0.841. The SMILES string of the molecule is CC1(C)CC1.CC1(C)CCCCC1.CC1(F)CC1.CC1(N)CC1.CC1CC1C.CC1CC1C#N.CC1CCC(C)(F)CC1.C[C@@H]1CCCC(O)C1.C[C@@H]1CCCCC1N.[C-]#[N+]C1(C)CCCCC1. The highest BCUT2D eigenvalue weighted by Crippen LogP contribution is 2.44. The number of rotatable bonds is 0. The molecule has 0 heterocycles. The van der Waals surface area contributed by atoms with Gasteiger partial charge in [0, 0.05) is 37.3 Å². The largest absolute Gasteiger partial charge is 0.393 e. The Balaban J connectivity index is 0.000000381. The molecular weight excluding hydrogens is 843 g/mol. The van der Waals surface area contributed by atoms with Gasteiger partial charge in [0.25, 0.3) is 0 Å². The van der Waals surface area contributed by atoms with Crippen LogP contribution in [0.1, 0.15) is 290 Å². The predicted molar refractivity (Wildman–Crippen MR) is 291 cm³/mol. The maximum Gasteiger partial charge on any atom is 0.229 e. The summed E-state index contributed by atoms with van der Waals surface area (Å²) in [5.41, 5.74) is 11.3. The van der Waals surface area contributed by atoms with Crippen LogP contribution in [0.25, 0.3) is 4.85 Å². The Kier molecular flexibility index (Phi) is 29.8. The molecule has 68 heavy (non-hydrogen) atoms. The number of nitriles is 1. The van der Waals surface area contributed by atoms with E-state index in [1.54, 1.807) is 13.8 Å². The summed E-state index contributed by atoms with van der Waals surface area (Å²) in [5.74, 6) is 5.52. The fourth-order valence-corrected chi connectivity index (χ4v) is 8.67.